The zero-order chi connectivity index (χ0) is 19.4. The molecule has 1 atom stereocenters. The molecule has 0 unspecified atom stereocenters. The van der Waals surface area contributed by atoms with E-state index in [9.17, 15) is 9.90 Å². The number of nitrogens with one attached hydrogen (secondary N) is 2. The minimum Gasteiger partial charge on any atom is -0.508 e. The van der Waals surface area contributed by atoms with Crippen molar-refractivity contribution in [1.82, 2.24) is 15.3 Å². The van der Waals surface area contributed by atoms with Crippen LogP contribution in [0.1, 0.15) is 19.4 Å². The number of fused-ring (bicyclic) bond motifs is 1. The van der Waals surface area contributed by atoms with Crippen molar-refractivity contribution in [3.8, 4) is 11.5 Å². The second kappa shape index (κ2) is 7.90. The Morgan fingerprint density at radius 3 is 2.81 bits per heavy atom. The molecule has 0 saturated carbocycles. The molecule has 0 aliphatic carbocycles. The number of amides is 1. The lowest BCUT2D eigenvalue weighted by Crippen LogP contribution is -2.32. The van der Waals surface area contributed by atoms with Crippen LogP contribution in [0.3, 0.4) is 0 Å². The van der Waals surface area contributed by atoms with E-state index in [2.05, 4.69) is 20.6 Å². The minimum absolute atomic E-state index is 0.100. The van der Waals surface area contributed by atoms with Gasteiger partial charge in [-0.3, -0.25) is 4.79 Å². The molecule has 0 saturated heterocycles. The quantitative estimate of drug-likeness (QED) is 0.579. The lowest BCUT2D eigenvalue weighted by Gasteiger charge is -2.18. The van der Waals surface area contributed by atoms with E-state index in [-0.39, 0.29) is 17.8 Å². The third-order valence-electron chi connectivity index (χ3n) is 4.05. The molecule has 1 heterocycles. The molecule has 0 fully saturated rings. The highest BCUT2D eigenvalue weighted by molar-refractivity contribution is 5.95. The number of hydrogen-bond acceptors (Lipinski definition) is 6. The van der Waals surface area contributed by atoms with Gasteiger partial charge in [-0.2, -0.15) is 0 Å². The number of ether oxygens (including phenoxy) is 1. The van der Waals surface area contributed by atoms with Gasteiger partial charge in [-0.25, -0.2) is 9.97 Å². The van der Waals surface area contributed by atoms with Crippen LogP contribution in [-0.2, 0) is 4.79 Å². The van der Waals surface area contributed by atoms with E-state index in [1.165, 1.54) is 13.3 Å². The maximum Gasteiger partial charge on any atom is 0.217 e. The molecule has 27 heavy (non-hydrogen) atoms. The Morgan fingerprint density at radius 1 is 1.26 bits per heavy atom. The Bertz CT molecular complexity index is 969. The van der Waals surface area contributed by atoms with E-state index < -0.39 is 0 Å². The number of carbonyl (C=O) groups excluding carboxylic acids is 1. The van der Waals surface area contributed by atoms with Crippen LogP contribution in [0.15, 0.2) is 42.7 Å². The van der Waals surface area contributed by atoms with Gasteiger partial charge < -0.3 is 20.5 Å². The predicted octanol–water partition coefficient (Wildman–Crippen LogP) is 3.29. The Hall–Kier alpha value is -3.35. The average Bonchev–Trinajstić information content (AvgIpc) is 2.63. The van der Waals surface area contributed by atoms with Crippen LogP contribution in [0.5, 0.6) is 11.5 Å². The topological polar surface area (TPSA) is 96.4 Å². The first kappa shape index (κ1) is 18.4. The van der Waals surface area contributed by atoms with Crippen LogP contribution in [0.2, 0.25) is 0 Å². The monoisotopic (exact) mass is 366 g/mol. The lowest BCUT2D eigenvalue weighted by atomic mass is 10.1. The minimum atomic E-state index is -0.219. The molecular weight excluding hydrogens is 344 g/mol. The highest BCUT2D eigenvalue weighted by Crippen LogP contribution is 2.32. The van der Waals surface area contributed by atoms with Gasteiger partial charge >= 0.3 is 0 Å². The Labute approximate surface area is 157 Å². The SMILES string of the molecule is CC(=O)NC[C@@H](C)Oc1cccc2ncnc(Nc3ccc(O)c(C)c3)c12. The highest BCUT2D eigenvalue weighted by Gasteiger charge is 2.13. The van der Waals surface area contributed by atoms with E-state index in [0.717, 1.165) is 22.2 Å². The zero-order valence-corrected chi connectivity index (χ0v) is 15.5. The number of nitrogens with zero attached hydrogens (tertiary/aromatic N) is 2. The molecule has 3 rings (SSSR count). The molecule has 140 valence electrons. The van der Waals surface area contributed by atoms with Gasteiger partial charge in [-0.1, -0.05) is 6.07 Å². The predicted molar refractivity (Wildman–Crippen MR) is 104 cm³/mol. The number of aryl methyl sites for hydroxylation is 1. The standard InChI is InChI=1S/C20H22N4O3/c1-12-9-15(7-8-17(12)26)24-20-19-16(22-11-23-20)5-4-6-18(19)27-13(2)10-21-14(3)25/h4-9,11,13,26H,10H2,1-3H3,(H,21,25)(H,22,23,24)/t13-/m1/s1. The van der Waals surface area contributed by atoms with Crippen LogP contribution >= 0.6 is 0 Å². The number of phenolic OH excluding ortho intramolecular Hbond substituents is 1. The van der Waals surface area contributed by atoms with E-state index in [4.69, 9.17) is 4.74 Å². The average molecular weight is 366 g/mol. The van der Waals surface area contributed by atoms with Gasteiger partial charge in [-0.15, -0.1) is 0 Å². The summed E-state index contributed by atoms with van der Waals surface area (Å²) in [5.41, 5.74) is 2.30. The number of benzene rings is 2. The van der Waals surface area contributed by atoms with Crippen LogP contribution < -0.4 is 15.4 Å². The number of aromatic hydroxyl groups is 1. The van der Waals surface area contributed by atoms with Crippen molar-refractivity contribution < 1.29 is 14.6 Å². The summed E-state index contributed by atoms with van der Waals surface area (Å²) in [7, 11) is 0. The van der Waals surface area contributed by atoms with Gasteiger partial charge in [-0.05, 0) is 49.7 Å². The lowest BCUT2D eigenvalue weighted by molar-refractivity contribution is -0.119. The van der Waals surface area contributed by atoms with Crippen molar-refractivity contribution in [2.45, 2.75) is 26.9 Å². The second-order valence-electron chi connectivity index (χ2n) is 6.36. The fourth-order valence-corrected chi connectivity index (χ4v) is 2.69. The third kappa shape index (κ3) is 4.44. The van der Waals surface area contributed by atoms with Gasteiger partial charge in [0.15, 0.2) is 0 Å². The first-order chi connectivity index (χ1) is 12.9. The summed E-state index contributed by atoms with van der Waals surface area (Å²) in [6.45, 7) is 5.59. The van der Waals surface area contributed by atoms with Crippen LogP contribution in [0, 0.1) is 6.92 Å². The smallest absolute Gasteiger partial charge is 0.217 e. The second-order valence-corrected chi connectivity index (χ2v) is 6.36. The van der Waals surface area contributed by atoms with Crippen LogP contribution in [-0.4, -0.2) is 33.6 Å². The van der Waals surface area contributed by atoms with E-state index >= 15 is 0 Å². The molecule has 3 N–H and O–H groups in total. The van der Waals surface area contributed by atoms with Crippen molar-refractivity contribution in [2.75, 3.05) is 11.9 Å². The summed E-state index contributed by atoms with van der Waals surface area (Å²) in [6.07, 6.45) is 1.27. The van der Waals surface area contributed by atoms with Gasteiger partial charge in [0.05, 0.1) is 17.4 Å². The third-order valence-corrected chi connectivity index (χ3v) is 4.05. The summed E-state index contributed by atoms with van der Waals surface area (Å²) in [6, 6.07) is 10.8. The molecule has 2 aromatic carbocycles. The molecule has 0 aliphatic rings. The van der Waals surface area contributed by atoms with Crippen molar-refractivity contribution in [1.29, 1.82) is 0 Å². The van der Waals surface area contributed by atoms with E-state index in [0.29, 0.717) is 18.1 Å². The summed E-state index contributed by atoms with van der Waals surface area (Å²) in [5.74, 6) is 1.37. The highest BCUT2D eigenvalue weighted by atomic mass is 16.5. The van der Waals surface area contributed by atoms with Crippen molar-refractivity contribution in [3.63, 3.8) is 0 Å². The number of carbonyl (C=O) groups is 1. The van der Waals surface area contributed by atoms with Gasteiger partial charge in [0.2, 0.25) is 5.91 Å². The van der Waals surface area contributed by atoms with Crippen LogP contribution in [0.25, 0.3) is 10.9 Å². The van der Waals surface area contributed by atoms with Gasteiger partial charge in [0, 0.05) is 12.6 Å². The molecular formula is C20H22N4O3. The molecule has 0 bridgehead atoms. The van der Waals surface area contributed by atoms with Gasteiger partial charge in [0.1, 0.15) is 29.7 Å². The molecule has 7 nitrogen and oxygen atoms in total. The number of aromatic nitrogens is 2. The summed E-state index contributed by atoms with van der Waals surface area (Å²) in [4.78, 5) is 19.8. The summed E-state index contributed by atoms with van der Waals surface area (Å²) >= 11 is 0. The van der Waals surface area contributed by atoms with Crippen LogP contribution in [0.4, 0.5) is 11.5 Å². The maximum absolute atomic E-state index is 11.1. The van der Waals surface area contributed by atoms with Crippen molar-refractivity contribution in [2.24, 2.45) is 0 Å². The summed E-state index contributed by atoms with van der Waals surface area (Å²) in [5, 5.41) is 16.5. The molecule has 0 radical (unpaired) electrons. The molecule has 1 aromatic heterocycles. The number of phenols is 1. The fraction of sp³-hybridized carbons (Fsp3) is 0.250. The number of hydrogen-bond donors (Lipinski definition) is 3. The summed E-state index contributed by atoms with van der Waals surface area (Å²) < 4.78 is 6.02. The molecule has 1 amide bonds. The van der Waals surface area contributed by atoms with Gasteiger partial charge in [0.25, 0.3) is 0 Å². The molecule has 0 spiro atoms. The van der Waals surface area contributed by atoms with E-state index in [1.807, 2.05) is 38.1 Å². The Kier molecular flexibility index (Phi) is 5.40. The normalized spacial score (nSPS) is 11.8. The maximum atomic E-state index is 11.1. The number of rotatable bonds is 6. The van der Waals surface area contributed by atoms with Crippen molar-refractivity contribution in [3.05, 3.63) is 48.3 Å². The molecule has 3 aromatic rings. The number of anilines is 2. The molecule has 7 heteroatoms. The van der Waals surface area contributed by atoms with Crippen molar-refractivity contribution >= 4 is 28.3 Å². The first-order valence-corrected chi connectivity index (χ1v) is 8.65. The first-order valence-electron chi connectivity index (χ1n) is 8.65. The Balaban J connectivity index is 1.93. The fourth-order valence-electron chi connectivity index (χ4n) is 2.69. The van der Waals surface area contributed by atoms with E-state index in [1.54, 1.807) is 12.1 Å². The molecule has 0 aliphatic heterocycles. The zero-order valence-electron chi connectivity index (χ0n) is 15.5. The Morgan fingerprint density at radius 2 is 2.07 bits per heavy atom. The largest absolute Gasteiger partial charge is 0.508 e.